The molecular formula is C38H36FN11O4S. The number of piperidine rings is 1. The minimum atomic E-state index is -0.663. The van der Waals surface area contributed by atoms with Gasteiger partial charge in [0.1, 0.15) is 11.9 Å². The Balaban J connectivity index is 0.753. The van der Waals surface area contributed by atoms with Crippen LogP contribution in [0.25, 0.3) is 16.1 Å². The second kappa shape index (κ2) is 13.1. The van der Waals surface area contributed by atoms with E-state index in [1.165, 1.54) is 16.9 Å². The molecule has 2 N–H and O–H groups in total. The first kappa shape index (κ1) is 33.6. The van der Waals surface area contributed by atoms with Crippen molar-refractivity contribution in [2.24, 2.45) is 0 Å². The van der Waals surface area contributed by atoms with Gasteiger partial charge >= 0.3 is 0 Å². The third-order valence-electron chi connectivity index (χ3n) is 11.2. The number of pyridine rings is 1. The van der Waals surface area contributed by atoms with E-state index < -0.39 is 18.2 Å². The maximum absolute atomic E-state index is 14.3. The molecule has 2 aromatic carbocycles. The summed E-state index contributed by atoms with van der Waals surface area (Å²) < 4.78 is 20.6. The maximum atomic E-state index is 14.3. The van der Waals surface area contributed by atoms with E-state index >= 15 is 0 Å². The lowest BCUT2D eigenvalue weighted by Crippen LogP contribution is -2.63. The molecule has 5 aromatic rings. The van der Waals surface area contributed by atoms with Crippen molar-refractivity contribution in [3.63, 3.8) is 0 Å². The third-order valence-corrected chi connectivity index (χ3v) is 12.4. The molecule has 5 aliphatic rings. The van der Waals surface area contributed by atoms with E-state index in [9.17, 15) is 18.8 Å². The summed E-state index contributed by atoms with van der Waals surface area (Å²) in [6.07, 6.45) is 4.89. The van der Waals surface area contributed by atoms with Gasteiger partial charge < -0.3 is 24.8 Å². The monoisotopic (exact) mass is 761 g/mol. The number of carbonyl (C=O) groups excluding carboxylic acids is 3. The molecule has 0 spiro atoms. The first-order valence-corrected chi connectivity index (χ1v) is 19.2. The van der Waals surface area contributed by atoms with Crippen LogP contribution in [0, 0.1) is 12.7 Å². The highest BCUT2D eigenvalue weighted by Gasteiger charge is 2.40. The molecule has 0 aliphatic carbocycles. The lowest BCUT2D eigenvalue weighted by atomic mass is 10.0. The van der Waals surface area contributed by atoms with E-state index in [4.69, 9.17) is 9.72 Å². The highest BCUT2D eigenvalue weighted by Crippen LogP contribution is 2.43. The normalized spacial score (nSPS) is 21.3. The van der Waals surface area contributed by atoms with E-state index in [0.717, 1.165) is 71.8 Å². The van der Waals surface area contributed by atoms with Crippen molar-refractivity contribution < 1.29 is 23.5 Å². The molecule has 280 valence electrons. The zero-order valence-corrected chi connectivity index (χ0v) is 30.6. The number of aromatic nitrogens is 5. The van der Waals surface area contributed by atoms with Crippen molar-refractivity contribution in [2.45, 2.75) is 44.6 Å². The number of anilines is 3. The van der Waals surface area contributed by atoms with Crippen molar-refractivity contribution >= 4 is 45.7 Å². The summed E-state index contributed by atoms with van der Waals surface area (Å²) in [5.74, 6) is -0.0641. The lowest BCUT2D eigenvalue weighted by Gasteiger charge is -2.49. The van der Waals surface area contributed by atoms with Crippen LogP contribution in [0.3, 0.4) is 0 Å². The summed E-state index contributed by atoms with van der Waals surface area (Å²) in [5.41, 5.74) is 5.63. The molecule has 1 unspecified atom stereocenters. The van der Waals surface area contributed by atoms with Gasteiger partial charge in [0, 0.05) is 86.9 Å². The van der Waals surface area contributed by atoms with Gasteiger partial charge in [-0.2, -0.15) is 15.0 Å². The molecule has 0 radical (unpaired) electrons. The number of thiazole rings is 1. The fourth-order valence-corrected chi connectivity index (χ4v) is 9.26. The van der Waals surface area contributed by atoms with Gasteiger partial charge in [-0.1, -0.05) is 11.3 Å². The van der Waals surface area contributed by atoms with Crippen LogP contribution >= 0.6 is 11.3 Å². The summed E-state index contributed by atoms with van der Waals surface area (Å²) in [6.45, 7) is 7.83. The Morgan fingerprint density at radius 1 is 0.964 bits per heavy atom. The number of imide groups is 1. The highest BCUT2D eigenvalue weighted by atomic mass is 32.1. The first-order chi connectivity index (χ1) is 26.8. The number of hydrogen-bond acceptors (Lipinski definition) is 13. The number of nitrogens with zero attached hydrogens (tertiary/aromatic N) is 9. The number of piperazine rings is 1. The smallest absolute Gasteiger partial charge is 0.255 e. The van der Waals surface area contributed by atoms with E-state index in [1.54, 1.807) is 34.7 Å². The van der Waals surface area contributed by atoms with Crippen molar-refractivity contribution in [3.05, 3.63) is 89.3 Å². The zero-order chi connectivity index (χ0) is 37.4. The van der Waals surface area contributed by atoms with Gasteiger partial charge in [0.05, 0.1) is 28.7 Å². The van der Waals surface area contributed by atoms with Crippen LogP contribution in [-0.2, 0) is 16.1 Å². The molecule has 17 heteroatoms. The predicted octanol–water partition coefficient (Wildman–Crippen LogP) is 3.51. The second-order valence-electron chi connectivity index (χ2n) is 14.5. The molecule has 3 amide bonds. The number of rotatable bonds is 7. The molecule has 10 rings (SSSR count). The van der Waals surface area contributed by atoms with Crippen LogP contribution in [0.1, 0.15) is 46.2 Å². The number of hydrogen-bond donors (Lipinski definition) is 2. The summed E-state index contributed by atoms with van der Waals surface area (Å²) in [7, 11) is 0. The van der Waals surface area contributed by atoms with Gasteiger partial charge in [-0.25, -0.2) is 14.4 Å². The number of amides is 3. The SMILES string of the molecule is Cc1nc(N2CCN(C3CN(c4ccc5c(c4)CN(C4CCC(=O)NC4=O)C5=O)C3)CC2)sc1-c1cnc2c(c1)O[C@@H](c1cc(F)ccc1-n1nccn1)N2. The fourth-order valence-electron chi connectivity index (χ4n) is 8.16. The molecule has 0 bridgehead atoms. The van der Waals surface area contributed by atoms with E-state index in [1.807, 2.05) is 31.3 Å². The largest absolute Gasteiger partial charge is 0.462 e. The standard InChI is InChI=1S/C38H36FN11O4S/c1-21-33(22-15-31-34(40-17-22)45-36(54-31)28-16-24(39)2-5-29(28)50-41-8-9-42-50)55-38(43-21)47-12-10-46(11-13-47)26-19-48(20-26)25-3-4-27-23(14-25)18-49(37(27)53)30-6-7-32(51)44-35(30)52/h2-5,8-9,14-17,26,30,36H,6-7,10-13,18-20H2,1H3,(H,40,45)(H,44,51,52)/t30?,36-/m0/s1. The van der Waals surface area contributed by atoms with Crippen LogP contribution in [0.15, 0.2) is 61.1 Å². The second-order valence-corrected chi connectivity index (χ2v) is 15.4. The number of halogens is 1. The van der Waals surface area contributed by atoms with Crippen molar-refractivity contribution in [1.29, 1.82) is 0 Å². The summed E-state index contributed by atoms with van der Waals surface area (Å²) in [4.78, 5) is 58.1. The maximum Gasteiger partial charge on any atom is 0.255 e. The molecule has 5 aliphatic heterocycles. The average molecular weight is 762 g/mol. The number of fused-ring (bicyclic) bond motifs is 2. The highest BCUT2D eigenvalue weighted by molar-refractivity contribution is 7.19. The van der Waals surface area contributed by atoms with Crippen LogP contribution in [0.4, 0.5) is 21.0 Å². The molecule has 2 atom stereocenters. The minimum Gasteiger partial charge on any atom is -0.462 e. The Morgan fingerprint density at radius 2 is 1.78 bits per heavy atom. The molecular weight excluding hydrogens is 726 g/mol. The van der Waals surface area contributed by atoms with E-state index in [0.29, 0.717) is 47.4 Å². The van der Waals surface area contributed by atoms with Gasteiger partial charge in [0.2, 0.25) is 11.8 Å². The van der Waals surface area contributed by atoms with Crippen molar-refractivity contribution in [1.82, 2.24) is 40.1 Å². The van der Waals surface area contributed by atoms with Crippen LogP contribution in [0.2, 0.25) is 0 Å². The number of aryl methyl sites for hydroxylation is 1. The van der Waals surface area contributed by atoms with Crippen molar-refractivity contribution in [2.75, 3.05) is 54.4 Å². The quantitative estimate of drug-likeness (QED) is 0.234. The summed E-state index contributed by atoms with van der Waals surface area (Å²) in [5, 5.41) is 15.0. The number of nitrogens with one attached hydrogen (secondary N) is 2. The Bertz CT molecular complexity index is 2360. The molecule has 55 heavy (non-hydrogen) atoms. The lowest BCUT2D eigenvalue weighted by molar-refractivity contribution is -0.136. The Kier molecular flexibility index (Phi) is 8.02. The van der Waals surface area contributed by atoms with Crippen LogP contribution < -0.4 is 25.2 Å². The van der Waals surface area contributed by atoms with Crippen LogP contribution in [-0.4, -0.2) is 104 Å². The molecule has 3 saturated heterocycles. The fraction of sp³-hybridized carbons (Fsp3) is 0.342. The number of benzene rings is 2. The molecule has 3 aromatic heterocycles. The molecule has 0 saturated carbocycles. The third kappa shape index (κ3) is 5.94. The Hall–Kier alpha value is -5.94. The molecule has 3 fully saturated rings. The molecule has 15 nitrogen and oxygen atoms in total. The Morgan fingerprint density at radius 3 is 2.58 bits per heavy atom. The van der Waals surface area contributed by atoms with Gasteiger partial charge in [-0.05, 0) is 61.4 Å². The first-order valence-electron chi connectivity index (χ1n) is 18.3. The zero-order valence-electron chi connectivity index (χ0n) is 29.8. The van der Waals surface area contributed by atoms with E-state index in [2.05, 4.69) is 46.6 Å². The van der Waals surface area contributed by atoms with Gasteiger partial charge in [0.25, 0.3) is 5.91 Å². The number of ether oxygens (including phenoxy) is 1. The van der Waals surface area contributed by atoms with Gasteiger partial charge in [0.15, 0.2) is 22.9 Å². The molecule has 8 heterocycles. The minimum absolute atomic E-state index is 0.150. The van der Waals surface area contributed by atoms with Crippen molar-refractivity contribution in [3.8, 4) is 21.9 Å². The van der Waals surface area contributed by atoms with E-state index in [-0.39, 0.29) is 24.1 Å². The topological polar surface area (TPSA) is 154 Å². The average Bonchev–Trinajstić information content (AvgIpc) is 3.98. The summed E-state index contributed by atoms with van der Waals surface area (Å²) >= 11 is 1.65. The number of carbonyl (C=O) groups is 3. The van der Waals surface area contributed by atoms with Gasteiger partial charge in [-0.15, -0.1) is 0 Å². The van der Waals surface area contributed by atoms with Gasteiger partial charge in [-0.3, -0.25) is 24.6 Å². The Labute approximate surface area is 318 Å². The predicted molar refractivity (Wildman–Crippen MR) is 201 cm³/mol. The van der Waals surface area contributed by atoms with Crippen LogP contribution in [0.5, 0.6) is 5.75 Å². The summed E-state index contributed by atoms with van der Waals surface area (Å²) in [6, 6.07) is 12.2.